The molecule has 0 fully saturated rings. The highest BCUT2D eigenvalue weighted by Crippen LogP contribution is 2.12. The predicted octanol–water partition coefficient (Wildman–Crippen LogP) is 3.55. The lowest BCUT2D eigenvalue weighted by molar-refractivity contribution is 0.291. The van der Waals surface area contributed by atoms with Gasteiger partial charge in [-0.15, -0.1) is 0 Å². The van der Waals surface area contributed by atoms with Crippen LogP contribution in [0.5, 0.6) is 6.01 Å². The number of anilines is 1. The van der Waals surface area contributed by atoms with Crippen LogP contribution in [0.2, 0.25) is 5.28 Å². The van der Waals surface area contributed by atoms with Crippen molar-refractivity contribution in [3.05, 3.63) is 5.28 Å². The van der Waals surface area contributed by atoms with Gasteiger partial charge in [0.2, 0.25) is 11.2 Å². The summed E-state index contributed by atoms with van der Waals surface area (Å²) in [6.45, 7) is 7.90. The van der Waals surface area contributed by atoms with Crippen LogP contribution in [0.4, 0.5) is 5.95 Å². The summed E-state index contributed by atoms with van der Waals surface area (Å²) in [5, 5.41) is 3.31. The van der Waals surface area contributed by atoms with Gasteiger partial charge in [0.1, 0.15) is 0 Å². The summed E-state index contributed by atoms with van der Waals surface area (Å²) >= 11 is 5.83. The molecule has 0 radical (unpaired) electrons. The van der Waals surface area contributed by atoms with Crippen molar-refractivity contribution in [1.29, 1.82) is 0 Å². The van der Waals surface area contributed by atoms with Gasteiger partial charge in [0.25, 0.3) is 0 Å². The first-order chi connectivity index (χ1) is 9.11. The average molecular weight is 287 g/mol. The maximum Gasteiger partial charge on any atom is 0.322 e. The molecule has 5 nitrogen and oxygen atoms in total. The molecule has 0 atom stereocenters. The number of aromatic nitrogens is 3. The molecule has 6 heteroatoms. The zero-order valence-electron chi connectivity index (χ0n) is 11.9. The van der Waals surface area contributed by atoms with Crippen molar-refractivity contribution in [3.8, 4) is 6.01 Å². The fourth-order valence-corrected chi connectivity index (χ4v) is 1.70. The monoisotopic (exact) mass is 286 g/mol. The molecule has 0 saturated heterocycles. The summed E-state index contributed by atoms with van der Waals surface area (Å²) < 4.78 is 5.35. The first-order valence-corrected chi connectivity index (χ1v) is 7.27. The Bertz CT molecular complexity index is 374. The molecule has 0 bridgehead atoms. The number of hydrogen-bond acceptors (Lipinski definition) is 5. The van der Waals surface area contributed by atoms with E-state index in [0.29, 0.717) is 12.6 Å². The summed E-state index contributed by atoms with van der Waals surface area (Å²) in [4.78, 5) is 12.1. The van der Waals surface area contributed by atoms with Crippen molar-refractivity contribution >= 4 is 17.5 Å². The van der Waals surface area contributed by atoms with Crippen LogP contribution in [-0.4, -0.2) is 28.1 Å². The number of rotatable bonds is 9. The molecule has 0 unspecified atom stereocenters. The molecular formula is C13H23ClN4O. The van der Waals surface area contributed by atoms with E-state index < -0.39 is 0 Å². The van der Waals surface area contributed by atoms with E-state index in [1.807, 2.05) is 6.92 Å². The van der Waals surface area contributed by atoms with E-state index in [1.54, 1.807) is 0 Å². The summed E-state index contributed by atoms with van der Waals surface area (Å²) in [5.74, 6) is 1.23. The van der Waals surface area contributed by atoms with Crippen LogP contribution in [0.15, 0.2) is 0 Å². The molecule has 0 saturated carbocycles. The number of nitrogens with zero attached hydrogens (tertiary/aromatic N) is 3. The molecular weight excluding hydrogens is 264 g/mol. The third kappa shape index (κ3) is 7.15. The summed E-state index contributed by atoms with van der Waals surface area (Å²) in [6, 6.07) is 0.284. The van der Waals surface area contributed by atoms with Crippen LogP contribution in [0, 0.1) is 5.92 Å². The zero-order valence-corrected chi connectivity index (χ0v) is 12.7. The van der Waals surface area contributed by atoms with Gasteiger partial charge in [-0.25, -0.2) is 0 Å². The van der Waals surface area contributed by atoms with Gasteiger partial charge < -0.3 is 10.1 Å². The summed E-state index contributed by atoms with van der Waals surface area (Å²) in [7, 11) is 0. The van der Waals surface area contributed by atoms with E-state index in [1.165, 1.54) is 12.8 Å². The number of hydrogen-bond donors (Lipinski definition) is 1. The van der Waals surface area contributed by atoms with E-state index in [2.05, 4.69) is 34.1 Å². The van der Waals surface area contributed by atoms with E-state index in [-0.39, 0.29) is 11.3 Å². The largest absolute Gasteiger partial charge is 0.463 e. The predicted molar refractivity (Wildman–Crippen MR) is 77.8 cm³/mol. The Hall–Kier alpha value is -1.10. The number of unbranched alkanes of at least 4 members (excludes halogenated alkanes) is 1. The average Bonchev–Trinajstić information content (AvgIpc) is 2.35. The molecule has 0 aromatic carbocycles. The molecule has 1 rings (SSSR count). The van der Waals surface area contributed by atoms with Crippen molar-refractivity contribution in [2.75, 3.05) is 18.5 Å². The van der Waals surface area contributed by atoms with Crippen LogP contribution in [0.1, 0.15) is 46.5 Å². The summed E-state index contributed by atoms with van der Waals surface area (Å²) in [6.07, 6.45) is 4.43. The van der Waals surface area contributed by atoms with Crippen LogP contribution in [-0.2, 0) is 0 Å². The Morgan fingerprint density at radius 1 is 1.21 bits per heavy atom. The van der Waals surface area contributed by atoms with Gasteiger partial charge in [0.05, 0.1) is 6.61 Å². The molecule has 0 aliphatic heterocycles. The second-order valence-electron chi connectivity index (χ2n) is 4.88. The lowest BCUT2D eigenvalue weighted by Gasteiger charge is -2.08. The fourth-order valence-electron chi connectivity index (χ4n) is 1.55. The van der Waals surface area contributed by atoms with Gasteiger partial charge in [-0.1, -0.05) is 33.6 Å². The molecule has 0 amide bonds. The zero-order chi connectivity index (χ0) is 14.1. The molecule has 0 aliphatic rings. The Morgan fingerprint density at radius 2 is 2.00 bits per heavy atom. The molecule has 0 aliphatic carbocycles. The van der Waals surface area contributed by atoms with Gasteiger partial charge in [-0.2, -0.15) is 15.0 Å². The number of halogens is 1. The van der Waals surface area contributed by atoms with Crippen molar-refractivity contribution in [1.82, 2.24) is 15.0 Å². The maximum absolute atomic E-state index is 5.83. The van der Waals surface area contributed by atoms with Crippen LogP contribution >= 0.6 is 11.6 Å². The Balaban J connectivity index is 2.38. The minimum absolute atomic E-state index is 0.158. The third-order valence-electron chi connectivity index (χ3n) is 2.51. The van der Waals surface area contributed by atoms with Gasteiger partial charge in [-0.3, -0.25) is 0 Å². The second-order valence-corrected chi connectivity index (χ2v) is 5.21. The van der Waals surface area contributed by atoms with Crippen molar-refractivity contribution in [3.63, 3.8) is 0 Å². The van der Waals surface area contributed by atoms with Crippen LogP contribution in [0.3, 0.4) is 0 Å². The normalized spacial score (nSPS) is 10.8. The first kappa shape index (κ1) is 16.0. The standard InChI is InChI=1S/C13H23ClN4O/c1-4-9-19-13-17-11(14)16-12(18-13)15-8-6-5-7-10(2)3/h10H,4-9H2,1-3H3,(H,15,16,17,18). The quantitative estimate of drug-likeness (QED) is 0.704. The topological polar surface area (TPSA) is 59.9 Å². The highest BCUT2D eigenvalue weighted by atomic mass is 35.5. The highest BCUT2D eigenvalue weighted by molar-refractivity contribution is 6.28. The number of nitrogens with one attached hydrogen (secondary N) is 1. The first-order valence-electron chi connectivity index (χ1n) is 6.90. The van der Waals surface area contributed by atoms with Crippen LogP contribution < -0.4 is 10.1 Å². The third-order valence-corrected chi connectivity index (χ3v) is 2.68. The molecule has 1 aromatic heterocycles. The highest BCUT2D eigenvalue weighted by Gasteiger charge is 2.05. The van der Waals surface area contributed by atoms with E-state index in [9.17, 15) is 0 Å². The Labute approximate surface area is 120 Å². The van der Waals surface area contributed by atoms with Crippen molar-refractivity contribution in [2.45, 2.75) is 46.5 Å². The molecule has 19 heavy (non-hydrogen) atoms. The SMILES string of the molecule is CCCOc1nc(Cl)nc(NCCCCC(C)C)n1. The van der Waals surface area contributed by atoms with Gasteiger partial charge in [-0.05, 0) is 30.4 Å². The maximum atomic E-state index is 5.83. The second kappa shape index (κ2) is 8.91. The summed E-state index contributed by atoms with van der Waals surface area (Å²) in [5.41, 5.74) is 0. The lowest BCUT2D eigenvalue weighted by atomic mass is 10.1. The van der Waals surface area contributed by atoms with E-state index in [0.717, 1.165) is 25.3 Å². The van der Waals surface area contributed by atoms with Crippen LogP contribution in [0.25, 0.3) is 0 Å². The smallest absolute Gasteiger partial charge is 0.322 e. The minimum Gasteiger partial charge on any atom is -0.463 e. The van der Waals surface area contributed by atoms with Crippen molar-refractivity contribution < 1.29 is 4.74 Å². The van der Waals surface area contributed by atoms with E-state index in [4.69, 9.17) is 16.3 Å². The van der Waals surface area contributed by atoms with Gasteiger partial charge in [0, 0.05) is 6.54 Å². The Morgan fingerprint density at radius 3 is 2.68 bits per heavy atom. The van der Waals surface area contributed by atoms with Gasteiger partial charge in [0.15, 0.2) is 0 Å². The molecule has 1 N–H and O–H groups in total. The molecule has 1 aromatic rings. The number of ether oxygens (including phenoxy) is 1. The minimum atomic E-state index is 0.158. The van der Waals surface area contributed by atoms with Crippen molar-refractivity contribution in [2.24, 2.45) is 5.92 Å². The lowest BCUT2D eigenvalue weighted by Crippen LogP contribution is -2.09. The Kier molecular flexibility index (Phi) is 7.48. The van der Waals surface area contributed by atoms with E-state index >= 15 is 0 Å². The van der Waals surface area contributed by atoms with Gasteiger partial charge >= 0.3 is 6.01 Å². The molecule has 1 heterocycles. The molecule has 0 spiro atoms. The fraction of sp³-hybridized carbons (Fsp3) is 0.769. The molecule has 108 valence electrons.